The van der Waals surface area contributed by atoms with Crippen LogP contribution >= 0.6 is 0 Å². The van der Waals surface area contributed by atoms with E-state index in [1.807, 2.05) is 0 Å². The number of carboxylic acid groups (broad SMARTS) is 1. The van der Waals surface area contributed by atoms with Gasteiger partial charge in [0.15, 0.2) is 0 Å². The summed E-state index contributed by atoms with van der Waals surface area (Å²) in [5, 5.41) is 16.2. The Labute approximate surface area is 157 Å². The minimum absolute atomic E-state index is 0.0607. The Bertz CT molecular complexity index is 858. The Morgan fingerprint density at radius 2 is 2.27 bits per heavy atom. The molecular weight excluding hydrogens is 347 g/mol. The van der Waals surface area contributed by atoms with Crippen molar-refractivity contribution < 1.29 is 9.90 Å². The molecule has 3 rings (SSSR count). The van der Waals surface area contributed by atoms with Gasteiger partial charge in [-0.1, -0.05) is 0 Å². The molecule has 1 aliphatic rings. The van der Waals surface area contributed by atoms with Gasteiger partial charge in [0, 0.05) is 0 Å². The number of nitrogens with zero attached hydrogens (tertiary/aromatic N) is 3. The molecule has 7 nitrogen and oxygen atoms in total. The molecule has 0 fully saturated rings. The third kappa shape index (κ3) is 4.32. The number of imidazole rings is 1. The molecule has 0 saturated heterocycles. The van der Waals surface area contributed by atoms with Crippen LogP contribution in [0.15, 0.2) is 29.3 Å². The number of aryl methyl sites for hydroxylation is 3. The monoisotopic (exact) mass is 370 g/mol. The van der Waals surface area contributed by atoms with Crippen LogP contribution in [0.5, 0.6) is 0 Å². The number of aliphatic carboxylic acids is 1. The first-order valence-corrected chi connectivity index (χ1v) is 10.4. The van der Waals surface area contributed by atoms with Gasteiger partial charge >= 0.3 is 151 Å². The van der Waals surface area contributed by atoms with E-state index < -0.39 is 5.97 Å². The van der Waals surface area contributed by atoms with E-state index in [0.29, 0.717) is 6.54 Å². The van der Waals surface area contributed by atoms with Gasteiger partial charge in [0.05, 0.1) is 0 Å². The summed E-state index contributed by atoms with van der Waals surface area (Å²) in [6.07, 6.45) is 7.16. The van der Waals surface area contributed by atoms with Gasteiger partial charge in [0.2, 0.25) is 0 Å². The molecule has 0 spiro atoms. The minimum atomic E-state index is -0.905. The summed E-state index contributed by atoms with van der Waals surface area (Å²) in [4.78, 5) is 27.8. The molecule has 136 valence electrons. The molecule has 0 aromatic carbocycles. The SMILES string of the molecule is [CH2]=[Al][CH](CC(=O)O)n1ccn(CCCc2ccc3c(n2)NCCC3)c1=O. The zero-order valence-electron chi connectivity index (χ0n) is 14.7. The third-order valence-electron chi connectivity index (χ3n) is 4.67. The molecule has 2 aromatic rings. The first-order chi connectivity index (χ1) is 12.6. The number of anilines is 1. The van der Waals surface area contributed by atoms with Crippen molar-refractivity contribution >= 4 is 32.0 Å². The zero-order chi connectivity index (χ0) is 18.5. The van der Waals surface area contributed by atoms with E-state index in [4.69, 9.17) is 5.11 Å². The molecule has 2 aromatic heterocycles. The van der Waals surface area contributed by atoms with E-state index in [2.05, 4.69) is 27.8 Å². The molecule has 0 radical (unpaired) electrons. The first kappa shape index (κ1) is 18.6. The number of fused-ring (bicyclic) bond motifs is 1. The van der Waals surface area contributed by atoms with Crippen LogP contribution in [0.3, 0.4) is 0 Å². The number of nitrogens with one attached hydrogen (secondary N) is 1. The van der Waals surface area contributed by atoms with Crippen molar-refractivity contribution in [3.63, 3.8) is 0 Å². The van der Waals surface area contributed by atoms with Crippen molar-refractivity contribution in [1.82, 2.24) is 14.1 Å². The number of aromatic nitrogens is 3. The van der Waals surface area contributed by atoms with Crippen LogP contribution < -0.4 is 11.0 Å². The molecule has 3 heterocycles. The standard InChI is InChI=1S/C17H21N4O3.CH2.Al/c22-15(23)7-10-21-12-11-20(17(21)24)9-2-4-14-6-5-13-3-1-8-18-16(13)19-14;;/h5-6,10-12H,1-4,7-9H2,(H,18,19)(H,22,23);1H2;. The Kier molecular flexibility index (Phi) is 6.07. The fourth-order valence-electron chi connectivity index (χ4n) is 3.26. The maximum absolute atomic E-state index is 12.5. The zero-order valence-corrected chi connectivity index (χ0v) is 15.9. The van der Waals surface area contributed by atoms with Crippen LogP contribution in [-0.2, 0) is 24.2 Å². The van der Waals surface area contributed by atoms with E-state index in [9.17, 15) is 9.59 Å². The molecule has 0 bridgehead atoms. The van der Waals surface area contributed by atoms with Crippen LogP contribution in [0, 0.1) is 0 Å². The summed E-state index contributed by atoms with van der Waals surface area (Å²) in [5.74, 6) is 0.0879. The molecule has 1 unspecified atom stereocenters. The summed E-state index contributed by atoms with van der Waals surface area (Å²) >= 11 is -0.388. The summed E-state index contributed by atoms with van der Waals surface area (Å²) < 4.78 is 3.15. The molecule has 26 heavy (non-hydrogen) atoms. The van der Waals surface area contributed by atoms with Crippen molar-refractivity contribution in [1.29, 1.82) is 0 Å². The van der Waals surface area contributed by atoms with Gasteiger partial charge in [0.1, 0.15) is 0 Å². The Balaban J connectivity index is 1.61. The molecule has 0 amide bonds. The van der Waals surface area contributed by atoms with Crippen LogP contribution in [-0.4, -0.2) is 51.9 Å². The Hall–Kier alpha value is -2.17. The van der Waals surface area contributed by atoms with Crippen molar-refractivity contribution in [2.24, 2.45) is 0 Å². The van der Waals surface area contributed by atoms with E-state index in [1.54, 1.807) is 17.0 Å². The summed E-state index contributed by atoms with van der Waals surface area (Å²) in [6, 6.07) is 4.20. The van der Waals surface area contributed by atoms with Crippen molar-refractivity contribution in [2.45, 2.75) is 43.6 Å². The van der Waals surface area contributed by atoms with Gasteiger partial charge in [0.25, 0.3) is 0 Å². The fraction of sp³-hybridized carbons (Fsp3) is 0.444. The molecule has 1 atom stereocenters. The first-order valence-electron chi connectivity index (χ1n) is 8.93. The van der Waals surface area contributed by atoms with Gasteiger partial charge in [-0.05, 0) is 6.42 Å². The molecule has 0 saturated carbocycles. The quantitative estimate of drug-likeness (QED) is 0.681. The van der Waals surface area contributed by atoms with E-state index in [0.717, 1.165) is 43.7 Å². The predicted molar refractivity (Wildman–Crippen MR) is 102 cm³/mol. The van der Waals surface area contributed by atoms with Crippen LogP contribution in [0.4, 0.5) is 5.82 Å². The Morgan fingerprint density at radius 1 is 1.42 bits per heavy atom. The molecule has 2 N–H and O–H groups in total. The van der Waals surface area contributed by atoms with Gasteiger partial charge in [-0.3, -0.25) is 0 Å². The van der Waals surface area contributed by atoms with Crippen LogP contribution in [0.1, 0.15) is 35.4 Å². The Morgan fingerprint density at radius 3 is 3.04 bits per heavy atom. The van der Waals surface area contributed by atoms with Crippen molar-refractivity contribution in [3.05, 3.63) is 46.3 Å². The van der Waals surface area contributed by atoms with Gasteiger partial charge < -0.3 is 0 Å². The summed E-state index contributed by atoms with van der Waals surface area (Å²) in [7, 11) is 0. The molecule has 1 aliphatic heterocycles. The van der Waals surface area contributed by atoms with Crippen LogP contribution in [0.2, 0.25) is 0 Å². The third-order valence-corrected chi connectivity index (χ3v) is 5.77. The van der Waals surface area contributed by atoms with Gasteiger partial charge in [-0.15, -0.1) is 0 Å². The number of rotatable bonds is 8. The van der Waals surface area contributed by atoms with Crippen molar-refractivity contribution in [3.8, 4) is 0 Å². The number of carbonyl (C=O) groups is 1. The van der Waals surface area contributed by atoms with E-state index in [-0.39, 0.29) is 31.8 Å². The molecule has 8 heteroatoms. The number of pyridine rings is 1. The summed E-state index contributed by atoms with van der Waals surface area (Å²) in [6.45, 7) is 1.56. The second-order valence-electron chi connectivity index (χ2n) is 6.53. The molecular formula is C18H23AlN4O3. The average Bonchev–Trinajstić information content (AvgIpc) is 3.00. The number of hydrogen-bond donors (Lipinski definition) is 2. The number of carboxylic acids is 1. The maximum atomic E-state index is 12.5. The second-order valence-corrected chi connectivity index (χ2v) is 7.77. The van der Waals surface area contributed by atoms with Crippen LogP contribution in [0.25, 0.3) is 0 Å². The number of hydrogen-bond acceptors (Lipinski definition) is 4. The van der Waals surface area contributed by atoms with Crippen molar-refractivity contribution in [2.75, 3.05) is 11.9 Å². The van der Waals surface area contributed by atoms with E-state index in [1.165, 1.54) is 10.1 Å². The molecule has 0 aliphatic carbocycles. The summed E-state index contributed by atoms with van der Waals surface area (Å²) in [5.41, 5.74) is 2.14. The van der Waals surface area contributed by atoms with Gasteiger partial charge in [-0.25, -0.2) is 0 Å². The fourth-order valence-corrected chi connectivity index (χ4v) is 4.09. The van der Waals surface area contributed by atoms with Gasteiger partial charge in [-0.2, -0.15) is 0 Å². The average molecular weight is 370 g/mol. The topological polar surface area (TPSA) is 89.2 Å². The van der Waals surface area contributed by atoms with E-state index >= 15 is 0 Å². The second kappa shape index (κ2) is 8.48. The predicted octanol–water partition coefficient (Wildman–Crippen LogP) is 1.15. The normalized spacial score (nSPS) is 14.2.